The lowest BCUT2D eigenvalue weighted by Crippen LogP contribution is -2.33. The molecule has 5 heteroatoms. The average Bonchev–Trinajstić information content (AvgIpc) is 3.16. The van der Waals surface area contributed by atoms with Crippen LogP contribution in [-0.2, 0) is 0 Å². The van der Waals surface area contributed by atoms with E-state index < -0.39 is 0 Å². The summed E-state index contributed by atoms with van der Waals surface area (Å²) in [5.41, 5.74) is 2.24. The first-order valence-electron chi connectivity index (χ1n) is 7.98. The standard InChI is InChI=1S/C17H22N4O/c1-12(2)16-15(17(22)18-13-8-6-7-9-13)19-20-21(16)14-10-4-3-5-11-14/h3-5,10-13H,6-9H2,1-2H3,(H,18,22). The number of rotatable bonds is 4. The maximum atomic E-state index is 12.5. The molecule has 1 aliphatic rings. The summed E-state index contributed by atoms with van der Waals surface area (Å²) in [6, 6.07) is 10.1. The van der Waals surface area contributed by atoms with Gasteiger partial charge in [-0.3, -0.25) is 4.79 Å². The third-order valence-electron chi connectivity index (χ3n) is 4.16. The lowest BCUT2D eigenvalue weighted by atomic mass is 10.1. The molecule has 1 saturated carbocycles. The third kappa shape index (κ3) is 2.89. The topological polar surface area (TPSA) is 59.8 Å². The van der Waals surface area contributed by atoms with Gasteiger partial charge in [0.15, 0.2) is 5.69 Å². The highest BCUT2D eigenvalue weighted by molar-refractivity contribution is 5.93. The molecule has 2 aromatic rings. The molecule has 1 aromatic heterocycles. The van der Waals surface area contributed by atoms with E-state index in [-0.39, 0.29) is 17.9 Å². The van der Waals surface area contributed by atoms with Crippen molar-refractivity contribution < 1.29 is 4.79 Å². The quantitative estimate of drug-likeness (QED) is 0.943. The Morgan fingerprint density at radius 3 is 2.55 bits per heavy atom. The van der Waals surface area contributed by atoms with Crippen molar-refractivity contribution in [3.63, 3.8) is 0 Å². The number of benzene rings is 1. The van der Waals surface area contributed by atoms with E-state index in [1.165, 1.54) is 12.8 Å². The van der Waals surface area contributed by atoms with Crippen molar-refractivity contribution >= 4 is 5.91 Å². The fourth-order valence-corrected chi connectivity index (χ4v) is 3.05. The maximum absolute atomic E-state index is 12.5. The van der Waals surface area contributed by atoms with E-state index in [1.54, 1.807) is 4.68 Å². The summed E-state index contributed by atoms with van der Waals surface area (Å²) in [4.78, 5) is 12.5. The predicted octanol–water partition coefficient (Wildman–Crippen LogP) is 3.06. The molecule has 3 rings (SSSR count). The molecule has 116 valence electrons. The van der Waals surface area contributed by atoms with Crippen LogP contribution >= 0.6 is 0 Å². The van der Waals surface area contributed by atoms with Gasteiger partial charge in [0, 0.05) is 6.04 Å². The Hall–Kier alpha value is -2.17. The number of carbonyl (C=O) groups excluding carboxylic acids is 1. The Morgan fingerprint density at radius 1 is 1.23 bits per heavy atom. The molecule has 1 N–H and O–H groups in total. The lowest BCUT2D eigenvalue weighted by molar-refractivity contribution is 0.0931. The zero-order chi connectivity index (χ0) is 15.5. The van der Waals surface area contributed by atoms with Crippen LogP contribution in [0.1, 0.15) is 61.6 Å². The van der Waals surface area contributed by atoms with Crippen LogP contribution in [0.4, 0.5) is 0 Å². The summed E-state index contributed by atoms with van der Waals surface area (Å²) in [7, 11) is 0. The zero-order valence-corrected chi connectivity index (χ0v) is 13.1. The van der Waals surface area contributed by atoms with Crippen molar-refractivity contribution in [1.82, 2.24) is 20.3 Å². The molecule has 0 saturated heterocycles. The molecule has 1 aromatic carbocycles. The Balaban J connectivity index is 1.91. The normalized spacial score (nSPS) is 15.4. The molecular weight excluding hydrogens is 276 g/mol. The fourth-order valence-electron chi connectivity index (χ4n) is 3.05. The van der Waals surface area contributed by atoms with E-state index in [0.29, 0.717) is 5.69 Å². The highest BCUT2D eigenvalue weighted by Gasteiger charge is 2.25. The van der Waals surface area contributed by atoms with E-state index in [1.807, 2.05) is 30.3 Å². The van der Waals surface area contributed by atoms with Crippen molar-refractivity contribution in [3.8, 4) is 5.69 Å². The molecule has 0 unspecified atom stereocenters. The van der Waals surface area contributed by atoms with Crippen LogP contribution in [0.25, 0.3) is 5.69 Å². The largest absolute Gasteiger partial charge is 0.348 e. The first kappa shape index (κ1) is 14.8. The molecule has 22 heavy (non-hydrogen) atoms. The highest BCUT2D eigenvalue weighted by atomic mass is 16.2. The second-order valence-electron chi connectivity index (χ2n) is 6.18. The van der Waals surface area contributed by atoms with Crippen molar-refractivity contribution in [3.05, 3.63) is 41.7 Å². The van der Waals surface area contributed by atoms with E-state index >= 15 is 0 Å². The number of carbonyl (C=O) groups is 1. The van der Waals surface area contributed by atoms with E-state index in [4.69, 9.17) is 0 Å². The van der Waals surface area contributed by atoms with Gasteiger partial charge in [-0.1, -0.05) is 50.1 Å². The van der Waals surface area contributed by atoms with E-state index in [2.05, 4.69) is 29.5 Å². The number of nitrogens with zero attached hydrogens (tertiary/aromatic N) is 3. The Labute approximate surface area is 130 Å². The summed E-state index contributed by atoms with van der Waals surface area (Å²) < 4.78 is 1.77. The summed E-state index contributed by atoms with van der Waals surface area (Å²) in [5, 5.41) is 11.5. The van der Waals surface area contributed by atoms with E-state index in [9.17, 15) is 4.79 Å². The molecule has 0 spiro atoms. The van der Waals surface area contributed by atoms with Gasteiger partial charge in [0.05, 0.1) is 11.4 Å². The SMILES string of the molecule is CC(C)c1c(C(=O)NC2CCCC2)nnn1-c1ccccc1. The Morgan fingerprint density at radius 2 is 1.91 bits per heavy atom. The second-order valence-corrected chi connectivity index (χ2v) is 6.18. The minimum absolute atomic E-state index is 0.0993. The highest BCUT2D eigenvalue weighted by Crippen LogP contribution is 2.23. The van der Waals surface area contributed by atoms with Crippen LogP contribution in [0.3, 0.4) is 0 Å². The molecule has 5 nitrogen and oxygen atoms in total. The van der Waals surface area contributed by atoms with Gasteiger partial charge >= 0.3 is 0 Å². The molecule has 1 aliphatic carbocycles. The molecule has 0 bridgehead atoms. The van der Waals surface area contributed by atoms with Crippen molar-refractivity contribution in [2.75, 3.05) is 0 Å². The number of nitrogens with one attached hydrogen (secondary N) is 1. The number of hydrogen-bond donors (Lipinski definition) is 1. The van der Waals surface area contributed by atoms with Crippen molar-refractivity contribution in [2.24, 2.45) is 0 Å². The van der Waals surface area contributed by atoms with Crippen LogP contribution in [0.5, 0.6) is 0 Å². The van der Waals surface area contributed by atoms with Crippen LogP contribution < -0.4 is 5.32 Å². The van der Waals surface area contributed by atoms with Gasteiger partial charge < -0.3 is 5.32 Å². The van der Waals surface area contributed by atoms with Gasteiger partial charge in [0.2, 0.25) is 0 Å². The van der Waals surface area contributed by atoms with Gasteiger partial charge in [0.25, 0.3) is 5.91 Å². The van der Waals surface area contributed by atoms with E-state index in [0.717, 1.165) is 24.2 Å². The summed E-state index contributed by atoms with van der Waals surface area (Å²) in [5.74, 6) is 0.0670. The number of para-hydroxylation sites is 1. The van der Waals surface area contributed by atoms with Gasteiger partial charge in [-0.15, -0.1) is 5.10 Å². The number of aromatic nitrogens is 3. The smallest absolute Gasteiger partial charge is 0.274 e. The molecular formula is C17H22N4O. The molecule has 1 amide bonds. The monoisotopic (exact) mass is 298 g/mol. The van der Waals surface area contributed by atoms with Gasteiger partial charge in [0.1, 0.15) is 0 Å². The van der Waals surface area contributed by atoms with Crippen LogP contribution in [-0.4, -0.2) is 26.9 Å². The molecule has 0 radical (unpaired) electrons. The lowest BCUT2D eigenvalue weighted by Gasteiger charge is -2.13. The Kier molecular flexibility index (Phi) is 4.22. The molecule has 0 aliphatic heterocycles. The van der Waals surface area contributed by atoms with Gasteiger partial charge in [-0.05, 0) is 30.9 Å². The fraction of sp³-hybridized carbons (Fsp3) is 0.471. The first-order valence-corrected chi connectivity index (χ1v) is 7.98. The van der Waals surface area contributed by atoms with Gasteiger partial charge in [-0.2, -0.15) is 0 Å². The van der Waals surface area contributed by atoms with Crippen molar-refractivity contribution in [1.29, 1.82) is 0 Å². The number of hydrogen-bond acceptors (Lipinski definition) is 3. The third-order valence-corrected chi connectivity index (χ3v) is 4.16. The number of amides is 1. The van der Waals surface area contributed by atoms with Crippen molar-refractivity contribution in [2.45, 2.75) is 51.5 Å². The van der Waals surface area contributed by atoms with Crippen LogP contribution in [0.2, 0.25) is 0 Å². The first-order chi connectivity index (χ1) is 10.7. The Bertz CT molecular complexity index is 642. The maximum Gasteiger partial charge on any atom is 0.274 e. The molecule has 0 atom stereocenters. The second kappa shape index (κ2) is 6.30. The van der Waals surface area contributed by atoms with Crippen LogP contribution in [0, 0.1) is 0 Å². The molecule has 1 heterocycles. The predicted molar refractivity (Wildman–Crippen MR) is 85.2 cm³/mol. The van der Waals surface area contributed by atoms with Crippen LogP contribution in [0.15, 0.2) is 30.3 Å². The summed E-state index contributed by atoms with van der Waals surface area (Å²) >= 11 is 0. The van der Waals surface area contributed by atoms with Gasteiger partial charge in [-0.25, -0.2) is 4.68 Å². The summed E-state index contributed by atoms with van der Waals surface area (Å²) in [6.07, 6.45) is 4.52. The minimum atomic E-state index is -0.0993. The average molecular weight is 298 g/mol. The zero-order valence-electron chi connectivity index (χ0n) is 13.1. The summed E-state index contributed by atoms with van der Waals surface area (Å²) in [6.45, 7) is 4.12. The molecule has 1 fully saturated rings. The minimum Gasteiger partial charge on any atom is -0.348 e.